The first kappa shape index (κ1) is 35.7. The summed E-state index contributed by atoms with van der Waals surface area (Å²) < 4.78 is 10.2. The van der Waals surface area contributed by atoms with Crippen molar-refractivity contribution in [2.75, 3.05) is 6.61 Å². The van der Waals surface area contributed by atoms with Gasteiger partial charge in [0.25, 0.3) is 0 Å². The highest BCUT2D eigenvalue weighted by Crippen LogP contribution is 2.32. The van der Waals surface area contributed by atoms with Gasteiger partial charge < -0.3 is 14.6 Å². The maximum atomic E-state index is 12.0. The predicted octanol–water partition coefficient (Wildman–Crippen LogP) is 3.52. The Labute approximate surface area is 300 Å². The molecule has 0 radical (unpaired) electrons. The third-order valence-corrected chi connectivity index (χ3v) is 5.54. The van der Waals surface area contributed by atoms with Crippen molar-refractivity contribution in [1.29, 1.82) is 0 Å². The zero-order valence-corrected chi connectivity index (χ0v) is 26.7. The van der Waals surface area contributed by atoms with E-state index in [1.54, 1.807) is 30.5 Å². The van der Waals surface area contributed by atoms with Gasteiger partial charge in [0.1, 0.15) is 23.3 Å². The van der Waals surface area contributed by atoms with Gasteiger partial charge >= 0.3 is 5.97 Å². The van der Waals surface area contributed by atoms with Gasteiger partial charge in [0, 0.05) is 88.9 Å². The summed E-state index contributed by atoms with van der Waals surface area (Å²) >= 11 is 0. The lowest BCUT2D eigenvalue weighted by atomic mass is 10.1. The van der Waals surface area contributed by atoms with E-state index in [0.29, 0.717) is 22.9 Å². The lowest BCUT2D eigenvalue weighted by molar-refractivity contribution is -0.139. The Kier molecular flexibility index (Phi) is 14.3. The van der Waals surface area contributed by atoms with Gasteiger partial charge in [-0.15, -0.1) is 6.42 Å². The van der Waals surface area contributed by atoms with Crippen molar-refractivity contribution in [1.82, 2.24) is 19.9 Å². The summed E-state index contributed by atoms with van der Waals surface area (Å²) in [6.45, 7) is -0.477. The van der Waals surface area contributed by atoms with Crippen molar-refractivity contribution in [2.45, 2.75) is 0 Å². The van der Waals surface area contributed by atoms with Crippen LogP contribution in [0.1, 0.15) is 0 Å². The van der Waals surface area contributed by atoms with E-state index in [2.05, 4.69) is 144 Å². The lowest BCUT2D eigenvalue weighted by Crippen LogP contribution is -2.12. The predicted molar refractivity (Wildman–Crippen MR) is 194 cm³/mol. The summed E-state index contributed by atoms with van der Waals surface area (Å²) in [6, 6.07) is 19.2. The van der Waals surface area contributed by atoms with Gasteiger partial charge in [-0.2, -0.15) is 0 Å². The molecule has 52 heavy (non-hydrogen) atoms. The Morgan fingerprint density at radius 1 is 0.615 bits per heavy atom. The molecule has 0 bridgehead atoms. The summed E-state index contributed by atoms with van der Waals surface area (Å²) in [7, 11) is 0. The number of terminal acetylenes is 1. The number of hydrogen-bond acceptors (Lipinski definition) is 8. The number of pyridine rings is 1. The number of aromatic hydroxyl groups is 1. The first-order chi connectivity index (χ1) is 25.6. The van der Waals surface area contributed by atoms with E-state index in [-0.39, 0.29) is 17.3 Å². The van der Waals surface area contributed by atoms with Gasteiger partial charge in [-0.3, -0.25) is 4.98 Å². The smallest absolute Gasteiger partial charge is 0.358 e. The topological polar surface area (TPSA) is 107 Å². The third kappa shape index (κ3) is 12.6. The second kappa shape index (κ2) is 20.9. The van der Waals surface area contributed by atoms with Crippen LogP contribution >= 0.6 is 0 Å². The number of nitrogens with zero attached hydrogens (tertiary/aromatic N) is 4. The maximum absolute atomic E-state index is 12.0. The number of benzene rings is 2. The molecule has 0 aliphatic heterocycles. The van der Waals surface area contributed by atoms with Gasteiger partial charge in [-0.25, -0.2) is 19.7 Å². The van der Waals surface area contributed by atoms with Crippen LogP contribution in [0.3, 0.4) is 0 Å². The highest BCUT2D eigenvalue weighted by Gasteiger charge is 2.16. The summed E-state index contributed by atoms with van der Waals surface area (Å²) in [5.41, 5.74) is 1.63. The summed E-state index contributed by atoms with van der Waals surface area (Å²) in [5, 5.41) is 10.8. The molecule has 0 atom stereocenters. The molecule has 236 valence electrons. The monoisotopic (exact) mass is 664 g/mol. The molecule has 8 heteroatoms. The van der Waals surface area contributed by atoms with Crippen molar-refractivity contribution in [2.24, 2.45) is 0 Å². The van der Waals surface area contributed by atoms with Gasteiger partial charge in [0.15, 0.2) is 24.1 Å². The second-order valence-electron chi connectivity index (χ2n) is 8.95. The first-order valence-electron chi connectivity index (χ1n) is 14.5. The van der Waals surface area contributed by atoms with Gasteiger partial charge in [-0.1, -0.05) is 36.4 Å². The van der Waals surface area contributed by atoms with Crippen molar-refractivity contribution in [3.05, 3.63) is 72.9 Å². The van der Waals surface area contributed by atoms with Crippen LogP contribution in [0.5, 0.6) is 11.5 Å². The molecule has 2 aromatic carbocycles. The number of phenolic OH excluding ortho intramolecular Hbond substituents is 1. The average molecular weight is 665 g/mol. The number of carbonyl (C=O) groups excluding carboxylic acids is 1. The standard InChI is InChI=1S/C44H16N4O4/c1-2-3-4-5-6-7-8-9-10-11-12-13-14-15-16-17-18-19-20-26-33-51-41(50)35-52-37-30-31-38(40(49)34-37)43-46-42(36-27-22-21-23-28-36)47-44(48-43)39-29-24-25-32-45-39/h1,21-25,27-32,34,49H,35H2. The molecule has 0 amide bonds. The van der Waals surface area contributed by atoms with E-state index in [4.69, 9.17) is 15.9 Å². The zero-order valence-electron chi connectivity index (χ0n) is 26.7. The molecule has 0 unspecified atom stereocenters. The maximum Gasteiger partial charge on any atom is 0.358 e. The number of esters is 1. The molecule has 2 aromatic heterocycles. The van der Waals surface area contributed by atoms with Crippen LogP contribution in [-0.2, 0) is 9.53 Å². The molecular formula is C44H16N4O4. The quantitative estimate of drug-likeness (QED) is 0.247. The normalized spacial score (nSPS) is 7.83. The van der Waals surface area contributed by atoms with E-state index in [1.807, 2.05) is 36.4 Å². The minimum atomic E-state index is -0.781. The number of ether oxygens (including phenoxy) is 2. The minimum absolute atomic E-state index is 0.177. The van der Waals surface area contributed by atoms with Gasteiger partial charge in [0.05, 0.1) is 5.56 Å². The lowest BCUT2D eigenvalue weighted by Gasteiger charge is -2.10. The summed E-state index contributed by atoms with van der Waals surface area (Å²) in [5.74, 6) is 48.8. The van der Waals surface area contributed by atoms with Crippen molar-refractivity contribution in [3.8, 4) is 177 Å². The highest BCUT2D eigenvalue weighted by molar-refractivity contribution is 5.73. The van der Waals surface area contributed by atoms with E-state index in [0.717, 1.165) is 5.56 Å². The zero-order chi connectivity index (χ0) is 36.5. The van der Waals surface area contributed by atoms with Crippen LogP contribution in [-0.4, -0.2) is 37.6 Å². The molecule has 0 aliphatic rings. The minimum Gasteiger partial charge on any atom is -0.507 e. The van der Waals surface area contributed by atoms with Crippen LogP contribution in [0.4, 0.5) is 0 Å². The Hall–Kier alpha value is -9.17. The average Bonchev–Trinajstić information content (AvgIpc) is 3.18. The molecule has 8 nitrogen and oxygen atoms in total. The molecule has 2 heterocycles. The van der Waals surface area contributed by atoms with Crippen LogP contribution in [0.25, 0.3) is 34.3 Å². The van der Waals surface area contributed by atoms with E-state index in [9.17, 15) is 9.90 Å². The van der Waals surface area contributed by atoms with Crippen molar-refractivity contribution in [3.63, 3.8) is 0 Å². The molecule has 4 rings (SSSR count). The van der Waals surface area contributed by atoms with E-state index >= 15 is 0 Å². The Balaban J connectivity index is 1.27. The molecular weight excluding hydrogens is 649 g/mol. The highest BCUT2D eigenvalue weighted by atomic mass is 16.6. The fourth-order valence-electron chi connectivity index (χ4n) is 3.46. The van der Waals surface area contributed by atoms with Crippen LogP contribution in [0.2, 0.25) is 0 Å². The van der Waals surface area contributed by atoms with Crippen molar-refractivity contribution < 1.29 is 19.4 Å². The first-order valence-corrected chi connectivity index (χ1v) is 14.5. The molecule has 0 saturated carbocycles. The number of hydrogen-bond donors (Lipinski definition) is 1. The van der Waals surface area contributed by atoms with Crippen LogP contribution in [0.15, 0.2) is 72.9 Å². The Morgan fingerprint density at radius 2 is 1.15 bits per heavy atom. The summed E-state index contributed by atoms with van der Waals surface area (Å²) in [4.78, 5) is 30.1. The van der Waals surface area contributed by atoms with Gasteiger partial charge in [-0.05, 0) is 71.6 Å². The molecule has 0 fully saturated rings. The van der Waals surface area contributed by atoms with E-state index < -0.39 is 12.6 Å². The SMILES string of the molecule is C#CC#CC#CC#CC#CC#CC#CC#CC#CC#CC#COC(=O)COc1ccc(-c2nc(-c3ccccc3)nc(-c3ccccn3)n2)c(O)c1. The number of phenols is 1. The fourth-order valence-corrected chi connectivity index (χ4v) is 3.46. The Morgan fingerprint density at radius 3 is 1.71 bits per heavy atom. The fraction of sp³-hybridized carbons (Fsp3) is 0.0227. The third-order valence-electron chi connectivity index (χ3n) is 5.54. The van der Waals surface area contributed by atoms with Crippen molar-refractivity contribution >= 4 is 5.97 Å². The van der Waals surface area contributed by atoms with Gasteiger partial charge in [0.2, 0.25) is 0 Å². The molecule has 1 N–H and O–H groups in total. The van der Waals surface area contributed by atoms with Crippen LogP contribution in [0, 0.1) is 131 Å². The number of carbonyl (C=O) groups is 1. The Bertz CT molecular complexity index is 2650. The second-order valence-corrected chi connectivity index (χ2v) is 8.95. The molecule has 4 aromatic rings. The summed E-state index contributed by atoms with van der Waals surface area (Å²) in [6.07, 6.45) is 8.73. The number of aromatic nitrogens is 4. The molecule has 0 spiro atoms. The largest absolute Gasteiger partial charge is 0.507 e. The van der Waals surface area contributed by atoms with Crippen LogP contribution < -0.4 is 4.74 Å². The van der Waals surface area contributed by atoms with E-state index in [1.165, 1.54) is 6.07 Å². The molecule has 0 saturated heterocycles. The number of rotatable bonds is 6. The molecule has 0 aliphatic carbocycles.